The van der Waals surface area contributed by atoms with Crippen molar-refractivity contribution in [1.82, 2.24) is 0 Å². The molecule has 2 aromatic carbocycles. The first-order valence-electron chi connectivity index (χ1n) is 17.1. The highest BCUT2D eigenvalue weighted by Crippen LogP contribution is 2.48. The van der Waals surface area contributed by atoms with E-state index in [9.17, 15) is 43.7 Å². The largest absolute Gasteiger partial charge is 0.748 e. The van der Waals surface area contributed by atoms with Crippen molar-refractivity contribution in [3.05, 3.63) is 95.8 Å². The first-order chi connectivity index (χ1) is 24.5. The van der Waals surface area contributed by atoms with Crippen LogP contribution in [0.15, 0.2) is 94.4 Å². The number of allylic oxidation sites excluding steroid dienone is 8. The van der Waals surface area contributed by atoms with Crippen LogP contribution in [-0.4, -0.2) is 79.1 Å². The van der Waals surface area contributed by atoms with Crippen molar-refractivity contribution in [2.75, 3.05) is 23.7 Å². The number of carboxylic acids is 1. The van der Waals surface area contributed by atoms with Gasteiger partial charge in [-0.2, -0.15) is 21.4 Å². The Labute approximate surface area is 312 Å². The van der Waals surface area contributed by atoms with Crippen LogP contribution < -0.4 is 4.90 Å². The van der Waals surface area contributed by atoms with E-state index in [1.54, 1.807) is 18.2 Å². The van der Waals surface area contributed by atoms with Gasteiger partial charge in [-0.15, -0.1) is 0 Å². The molecule has 16 heteroatoms. The Bertz CT molecular complexity index is 2230. The van der Waals surface area contributed by atoms with Crippen LogP contribution in [0.3, 0.4) is 0 Å². The highest BCUT2D eigenvalue weighted by Gasteiger charge is 2.45. The number of carbonyl (C=O) groups is 1. The van der Waals surface area contributed by atoms with E-state index in [1.165, 1.54) is 24.3 Å². The smallest absolute Gasteiger partial charge is 0.303 e. The molecule has 0 spiro atoms. The summed E-state index contributed by atoms with van der Waals surface area (Å²) < 4.78 is 103. The summed E-state index contributed by atoms with van der Waals surface area (Å²) in [6, 6.07) is 8.86. The zero-order valence-corrected chi connectivity index (χ0v) is 32.5. The summed E-state index contributed by atoms with van der Waals surface area (Å²) in [6.07, 6.45) is 15.5. The van der Waals surface area contributed by atoms with Crippen molar-refractivity contribution in [3.8, 4) is 0 Å². The van der Waals surface area contributed by atoms with Crippen LogP contribution in [0.1, 0.15) is 77.3 Å². The number of benzene rings is 2. The SMILES string of the molecule is CC1(C)C(=CC=CC=CC=CC2=[N+](CCCCCC(=O)O)c3ccc(S(=O)(=O)O)cc3C2(C)C)N(CCCCS(=O)(=O)[O-])c2ccc(S(=O)(=O)O)cc21. The van der Waals surface area contributed by atoms with E-state index in [0.717, 1.165) is 22.7 Å². The second-order valence-corrected chi connectivity index (χ2v) is 18.5. The number of rotatable bonds is 17. The number of hydrogen-bond donors (Lipinski definition) is 3. The number of fused-ring (bicyclic) bond motifs is 2. The third kappa shape index (κ3) is 10.2. The highest BCUT2D eigenvalue weighted by atomic mass is 32.2. The van der Waals surface area contributed by atoms with Crippen molar-refractivity contribution in [1.29, 1.82) is 0 Å². The van der Waals surface area contributed by atoms with E-state index in [0.29, 0.717) is 50.0 Å². The molecule has 0 aliphatic carbocycles. The fourth-order valence-corrected chi connectivity index (χ4v) is 8.44. The lowest BCUT2D eigenvalue weighted by atomic mass is 9.81. The first kappa shape index (κ1) is 41.8. The Morgan fingerprint density at radius 1 is 0.774 bits per heavy atom. The topological polar surface area (TPSA) is 209 Å². The van der Waals surface area contributed by atoms with Crippen molar-refractivity contribution >= 4 is 53.4 Å². The van der Waals surface area contributed by atoms with Crippen molar-refractivity contribution < 1.29 is 53.4 Å². The Hall–Kier alpha value is -3.93. The zero-order valence-electron chi connectivity index (χ0n) is 30.1. The van der Waals surface area contributed by atoms with Crippen molar-refractivity contribution in [3.63, 3.8) is 0 Å². The maximum absolute atomic E-state index is 11.9. The molecule has 0 saturated carbocycles. The van der Waals surface area contributed by atoms with Gasteiger partial charge in [0.15, 0.2) is 5.71 Å². The number of aliphatic carboxylic acids is 1. The number of carboxylic acid groups (broad SMARTS) is 1. The molecule has 53 heavy (non-hydrogen) atoms. The van der Waals surface area contributed by atoms with Crippen LogP contribution in [-0.2, 0) is 46.0 Å². The molecule has 0 amide bonds. The maximum Gasteiger partial charge on any atom is 0.303 e. The first-order valence-corrected chi connectivity index (χ1v) is 21.5. The third-order valence-corrected chi connectivity index (χ3v) is 12.1. The third-order valence-electron chi connectivity index (χ3n) is 9.57. The summed E-state index contributed by atoms with van der Waals surface area (Å²) in [5.74, 6) is -1.34. The Morgan fingerprint density at radius 2 is 1.38 bits per heavy atom. The van der Waals surface area contributed by atoms with Gasteiger partial charge in [0.25, 0.3) is 20.2 Å². The fourth-order valence-electron chi connectivity index (χ4n) is 6.87. The van der Waals surface area contributed by atoms with E-state index in [1.807, 2.05) is 69.1 Å². The maximum atomic E-state index is 11.9. The molecular formula is C37H46N2O11S3. The molecule has 0 atom stereocenters. The predicted octanol–water partition coefficient (Wildman–Crippen LogP) is 5.88. The summed E-state index contributed by atoms with van der Waals surface area (Å²) in [5, 5.41) is 8.99. The Kier molecular flexibility index (Phi) is 12.8. The zero-order chi connectivity index (χ0) is 39.4. The van der Waals surface area contributed by atoms with E-state index in [4.69, 9.17) is 5.11 Å². The van der Waals surface area contributed by atoms with Gasteiger partial charge in [0.05, 0.1) is 25.3 Å². The molecule has 0 bridgehead atoms. The van der Waals surface area contributed by atoms with E-state index >= 15 is 0 Å². The Balaban J connectivity index is 1.59. The normalized spacial score (nSPS) is 17.9. The molecule has 0 unspecified atom stereocenters. The minimum atomic E-state index is -4.45. The molecule has 2 heterocycles. The lowest BCUT2D eigenvalue weighted by molar-refractivity contribution is -0.438. The second kappa shape index (κ2) is 16.2. The summed E-state index contributed by atoms with van der Waals surface area (Å²) in [6.45, 7) is 8.69. The van der Waals surface area contributed by atoms with Gasteiger partial charge in [-0.1, -0.05) is 44.2 Å². The van der Waals surface area contributed by atoms with Gasteiger partial charge in [0, 0.05) is 59.6 Å². The van der Waals surface area contributed by atoms with Gasteiger partial charge in [0.1, 0.15) is 6.54 Å². The van der Waals surface area contributed by atoms with Gasteiger partial charge in [-0.3, -0.25) is 13.9 Å². The number of anilines is 1. The van der Waals surface area contributed by atoms with E-state index < -0.39 is 52.9 Å². The summed E-state index contributed by atoms with van der Waals surface area (Å²) in [4.78, 5) is 12.5. The lowest BCUT2D eigenvalue weighted by Crippen LogP contribution is -2.28. The molecule has 2 aliphatic rings. The molecule has 288 valence electrons. The number of unbranched alkanes of at least 4 members (excludes halogenated alkanes) is 3. The predicted molar refractivity (Wildman–Crippen MR) is 201 cm³/mol. The molecule has 0 fully saturated rings. The van der Waals surface area contributed by atoms with Gasteiger partial charge in [-0.05, 0) is 81.5 Å². The van der Waals surface area contributed by atoms with Crippen LogP contribution in [0.25, 0.3) is 0 Å². The fraction of sp³-hybridized carbons (Fsp3) is 0.405. The van der Waals surface area contributed by atoms with Gasteiger partial charge in [-0.25, -0.2) is 8.42 Å². The quantitative estimate of drug-likeness (QED) is 0.0743. The molecule has 13 nitrogen and oxygen atoms in total. The molecule has 3 N–H and O–H groups in total. The Morgan fingerprint density at radius 3 is 2.00 bits per heavy atom. The van der Waals surface area contributed by atoms with Crippen LogP contribution in [0, 0.1) is 0 Å². The number of hydrogen-bond acceptors (Lipinski definition) is 9. The van der Waals surface area contributed by atoms with Gasteiger partial charge < -0.3 is 14.6 Å². The summed E-state index contributed by atoms with van der Waals surface area (Å²) in [7, 11) is -13.2. The average Bonchev–Trinajstić information content (AvgIpc) is 3.38. The van der Waals surface area contributed by atoms with Gasteiger partial charge >= 0.3 is 5.97 Å². The molecule has 2 aliphatic heterocycles. The van der Waals surface area contributed by atoms with Gasteiger partial charge in [0.2, 0.25) is 5.69 Å². The van der Waals surface area contributed by atoms with Crippen molar-refractivity contribution in [2.45, 2.75) is 86.8 Å². The average molecular weight is 791 g/mol. The standard InChI is InChI=1S/C37H46N2O11S3/c1-36(2)29-25-27(52(45,46)47)18-20-31(29)38(22-12-8-11-17-35(40)41)33(36)15-9-6-5-7-10-16-34-37(3,4)30-26-28(53(48,49)50)19-21-32(30)39(34)23-13-14-24-51(42,43)44/h5-7,9-10,15-16,18-21,25-26H,8,11-14,17,22-24H2,1-4H3,(H3-,40,41,42,43,44,45,46,47,48,49,50). The molecule has 0 aromatic heterocycles. The lowest BCUT2D eigenvalue weighted by Gasteiger charge is -2.27. The highest BCUT2D eigenvalue weighted by molar-refractivity contribution is 7.86. The van der Waals surface area contributed by atoms with Crippen molar-refractivity contribution in [2.24, 2.45) is 0 Å². The summed E-state index contributed by atoms with van der Waals surface area (Å²) in [5.41, 5.74) is 3.28. The molecule has 0 saturated heterocycles. The molecular weight excluding hydrogens is 745 g/mol. The monoisotopic (exact) mass is 790 g/mol. The minimum absolute atomic E-state index is 0.0810. The van der Waals surface area contributed by atoms with Crippen LogP contribution in [0.4, 0.5) is 11.4 Å². The van der Waals surface area contributed by atoms with Crippen LogP contribution in [0.5, 0.6) is 0 Å². The van der Waals surface area contributed by atoms with Crippen LogP contribution in [0.2, 0.25) is 0 Å². The number of nitrogens with zero attached hydrogens (tertiary/aromatic N) is 2. The van der Waals surface area contributed by atoms with E-state index in [2.05, 4.69) is 4.58 Å². The minimum Gasteiger partial charge on any atom is -0.748 e. The molecule has 2 aromatic rings. The summed E-state index contributed by atoms with van der Waals surface area (Å²) >= 11 is 0. The van der Waals surface area contributed by atoms with Crippen LogP contribution >= 0.6 is 0 Å². The molecule has 0 radical (unpaired) electrons. The molecule has 4 rings (SSSR count). The van der Waals surface area contributed by atoms with E-state index in [-0.39, 0.29) is 22.6 Å². The second-order valence-electron chi connectivity index (χ2n) is 14.1.